The van der Waals surface area contributed by atoms with Crippen LogP contribution in [0, 0.1) is 18.8 Å². The van der Waals surface area contributed by atoms with Crippen LogP contribution in [-0.2, 0) is 9.59 Å². The first-order valence-corrected chi connectivity index (χ1v) is 5.65. The summed E-state index contributed by atoms with van der Waals surface area (Å²) in [7, 11) is 0. The zero-order valence-electron chi connectivity index (χ0n) is 9.88. The van der Waals surface area contributed by atoms with Crippen LogP contribution < -0.4 is 5.32 Å². The summed E-state index contributed by atoms with van der Waals surface area (Å²) in [5.74, 6) is -1.81. The number of carbonyl (C=O) groups excluding carboxylic acids is 1. The van der Waals surface area contributed by atoms with E-state index in [1.807, 2.05) is 6.08 Å². The van der Waals surface area contributed by atoms with Gasteiger partial charge in [0, 0.05) is 0 Å². The number of carboxylic acid groups (broad SMARTS) is 1. The smallest absolute Gasteiger partial charge is 0.307 e. The third-order valence-electron chi connectivity index (χ3n) is 2.92. The van der Waals surface area contributed by atoms with Gasteiger partial charge < -0.3 is 5.11 Å². The van der Waals surface area contributed by atoms with E-state index in [4.69, 9.17) is 5.11 Å². The van der Waals surface area contributed by atoms with Gasteiger partial charge in [-0.15, -0.1) is 5.10 Å². The van der Waals surface area contributed by atoms with Crippen LogP contribution in [0.25, 0.3) is 0 Å². The number of nitrogens with one attached hydrogen (secondary N) is 2. The van der Waals surface area contributed by atoms with Gasteiger partial charge in [-0.25, -0.2) is 0 Å². The number of aliphatic carboxylic acids is 1. The third kappa shape index (κ3) is 2.55. The second-order valence-corrected chi connectivity index (χ2v) is 4.23. The minimum atomic E-state index is -0.953. The van der Waals surface area contributed by atoms with E-state index < -0.39 is 17.8 Å². The number of allylic oxidation sites excluding steroid dienone is 2. The van der Waals surface area contributed by atoms with Crippen LogP contribution >= 0.6 is 0 Å². The monoisotopic (exact) mass is 250 g/mol. The fourth-order valence-corrected chi connectivity index (χ4v) is 1.98. The predicted octanol–water partition coefficient (Wildman–Crippen LogP) is 0.719. The van der Waals surface area contributed by atoms with Gasteiger partial charge in [0.1, 0.15) is 5.82 Å². The largest absolute Gasteiger partial charge is 0.481 e. The Kier molecular flexibility index (Phi) is 3.40. The van der Waals surface area contributed by atoms with Crippen molar-refractivity contribution >= 4 is 17.8 Å². The summed E-state index contributed by atoms with van der Waals surface area (Å²) < 4.78 is 0. The maximum absolute atomic E-state index is 12.0. The molecule has 2 rings (SSSR count). The van der Waals surface area contributed by atoms with Crippen LogP contribution in [0.2, 0.25) is 0 Å². The van der Waals surface area contributed by atoms with E-state index in [0.717, 1.165) is 0 Å². The van der Waals surface area contributed by atoms with E-state index in [0.29, 0.717) is 18.7 Å². The molecule has 7 heteroatoms. The van der Waals surface area contributed by atoms with E-state index in [1.54, 1.807) is 13.0 Å². The lowest BCUT2D eigenvalue weighted by Crippen LogP contribution is -2.35. The van der Waals surface area contributed by atoms with Crippen LogP contribution in [0.5, 0.6) is 0 Å². The zero-order valence-corrected chi connectivity index (χ0v) is 9.88. The van der Waals surface area contributed by atoms with Gasteiger partial charge in [-0.2, -0.15) is 4.98 Å². The molecular weight excluding hydrogens is 236 g/mol. The maximum atomic E-state index is 12.0. The summed E-state index contributed by atoms with van der Waals surface area (Å²) in [5, 5.41) is 18.0. The molecule has 1 heterocycles. The van der Waals surface area contributed by atoms with E-state index in [2.05, 4.69) is 20.5 Å². The fraction of sp³-hybridized carbons (Fsp3) is 0.455. The van der Waals surface area contributed by atoms with Crippen molar-refractivity contribution in [1.82, 2.24) is 15.2 Å². The number of aryl methyl sites for hydroxylation is 1. The molecule has 0 bridgehead atoms. The third-order valence-corrected chi connectivity index (χ3v) is 2.92. The molecule has 96 valence electrons. The number of hydrogen-bond donors (Lipinski definition) is 3. The van der Waals surface area contributed by atoms with Crippen LogP contribution in [0.15, 0.2) is 12.2 Å². The Hall–Kier alpha value is -2.18. The zero-order chi connectivity index (χ0) is 13.1. The molecule has 0 aromatic carbocycles. The van der Waals surface area contributed by atoms with Crippen LogP contribution in [0.1, 0.15) is 18.7 Å². The number of hydrogen-bond acceptors (Lipinski definition) is 4. The van der Waals surface area contributed by atoms with Crippen molar-refractivity contribution in [1.29, 1.82) is 0 Å². The number of anilines is 1. The molecule has 0 aliphatic heterocycles. The normalized spacial score (nSPS) is 22.7. The Bertz CT molecular complexity index is 494. The van der Waals surface area contributed by atoms with Gasteiger partial charge >= 0.3 is 5.97 Å². The minimum absolute atomic E-state index is 0.177. The summed E-state index contributed by atoms with van der Waals surface area (Å²) in [6.07, 6.45) is 4.42. The molecule has 7 nitrogen and oxygen atoms in total. The first kappa shape index (κ1) is 12.3. The number of nitrogens with zero attached hydrogens (tertiary/aromatic N) is 2. The number of amides is 1. The van der Waals surface area contributed by atoms with Crippen molar-refractivity contribution < 1.29 is 14.7 Å². The maximum Gasteiger partial charge on any atom is 0.307 e. The number of rotatable bonds is 3. The van der Waals surface area contributed by atoms with Crippen molar-refractivity contribution in [3.63, 3.8) is 0 Å². The molecule has 0 radical (unpaired) electrons. The van der Waals surface area contributed by atoms with E-state index in [9.17, 15) is 9.59 Å². The van der Waals surface area contributed by atoms with Crippen molar-refractivity contribution in [3.8, 4) is 0 Å². The highest BCUT2D eigenvalue weighted by Gasteiger charge is 2.34. The SMILES string of the molecule is Cc1nc(NC(=O)[C@@H]2CC=CC[C@@H]2C(=O)O)n[nH]1. The number of carbonyl (C=O) groups is 2. The topological polar surface area (TPSA) is 108 Å². The number of aromatic nitrogens is 3. The van der Waals surface area contributed by atoms with Crippen molar-refractivity contribution in [3.05, 3.63) is 18.0 Å². The molecule has 0 fully saturated rings. The van der Waals surface area contributed by atoms with Gasteiger partial charge in [-0.3, -0.25) is 20.0 Å². The molecule has 18 heavy (non-hydrogen) atoms. The molecule has 1 aromatic heterocycles. The summed E-state index contributed by atoms with van der Waals surface area (Å²) in [6.45, 7) is 1.71. The summed E-state index contributed by atoms with van der Waals surface area (Å²) in [6, 6.07) is 0. The lowest BCUT2D eigenvalue weighted by molar-refractivity contribution is -0.146. The molecule has 1 aromatic rings. The van der Waals surface area contributed by atoms with Gasteiger partial charge in [0.05, 0.1) is 11.8 Å². The highest BCUT2D eigenvalue weighted by atomic mass is 16.4. The Morgan fingerprint density at radius 3 is 2.61 bits per heavy atom. The highest BCUT2D eigenvalue weighted by Crippen LogP contribution is 2.26. The quantitative estimate of drug-likeness (QED) is 0.685. The molecule has 0 saturated carbocycles. The lowest BCUT2D eigenvalue weighted by atomic mass is 9.82. The molecule has 0 unspecified atom stereocenters. The molecular formula is C11H14N4O3. The molecule has 0 spiro atoms. The van der Waals surface area contributed by atoms with E-state index in [1.165, 1.54) is 0 Å². The van der Waals surface area contributed by atoms with Crippen molar-refractivity contribution in [2.75, 3.05) is 5.32 Å². The Labute approximate surface area is 103 Å². The second-order valence-electron chi connectivity index (χ2n) is 4.23. The average molecular weight is 250 g/mol. The molecule has 1 aliphatic rings. The Morgan fingerprint density at radius 1 is 1.39 bits per heavy atom. The van der Waals surface area contributed by atoms with E-state index >= 15 is 0 Å². The second kappa shape index (κ2) is 4.99. The van der Waals surface area contributed by atoms with Gasteiger partial charge in [0.25, 0.3) is 0 Å². The van der Waals surface area contributed by atoms with Gasteiger partial charge in [-0.05, 0) is 19.8 Å². The number of aromatic amines is 1. The molecule has 2 atom stereocenters. The summed E-state index contributed by atoms with van der Waals surface area (Å²) in [5.41, 5.74) is 0. The predicted molar refractivity (Wildman–Crippen MR) is 62.7 cm³/mol. The Morgan fingerprint density at radius 2 is 2.06 bits per heavy atom. The lowest BCUT2D eigenvalue weighted by Gasteiger charge is -2.23. The molecule has 3 N–H and O–H groups in total. The van der Waals surface area contributed by atoms with Gasteiger partial charge in [-0.1, -0.05) is 12.2 Å². The number of carboxylic acids is 1. The van der Waals surface area contributed by atoms with Crippen molar-refractivity contribution in [2.24, 2.45) is 11.8 Å². The Balaban J connectivity index is 2.07. The first-order chi connectivity index (χ1) is 8.58. The van der Waals surface area contributed by atoms with Crippen LogP contribution in [0.3, 0.4) is 0 Å². The van der Waals surface area contributed by atoms with Crippen LogP contribution in [0.4, 0.5) is 5.95 Å². The molecule has 1 amide bonds. The summed E-state index contributed by atoms with van der Waals surface area (Å²) >= 11 is 0. The average Bonchev–Trinajstić information content (AvgIpc) is 2.74. The molecule has 0 saturated heterocycles. The fourth-order valence-electron chi connectivity index (χ4n) is 1.98. The van der Waals surface area contributed by atoms with Crippen LogP contribution in [-0.4, -0.2) is 32.2 Å². The van der Waals surface area contributed by atoms with Gasteiger partial charge in [0.2, 0.25) is 11.9 Å². The number of H-pyrrole nitrogens is 1. The van der Waals surface area contributed by atoms with Crippen molar-refractivity contribution in [2.45, 2.75) is 19.8 Å². The minimum Gasteiger partial charge on any atom is -0.481 e. The standard InChI is InChI=1S/C11H14N4O3/c1-6-12-11(15-14-6)13-9(16)7-4-2-3-5-8(7)10(17)18/h2-3,7-8H,4-5H2,1H3,(H,17,18)(H2,12,13,14,15,16)/t7-,8+/m1/s1. The van der Waals surface area contributed by atoms with E-state index in [-0.39, 0.29) is 11.9 Å². The van der Waals surface area contributed by atoms with Gasteiger partial charge in [0.15, 0.2) is 0 Å². The molecule has 1 aliphatic carbocycles. The first-order valence-electron chi connectivity index (χ1n) is 5.65. The summed E-state index contributed by atoms with van der Waals surface area (Å²) in [4.78, 5) is 27.0. The highest BCUT2D eigenvalue weighted by molar-refractivity contribution is 5.94.